The van der Waals surface area contributed by atoms with Crippen LogP contribution in [0.25, 0.3) is 0 Å². The van der Waals surface area contributed by atoms with Crippen LogP contribution < -0.4 is 5.32 Å². The Morgan fingerprint density at radius 1 is 1.53 bits per heavy atom. The Morgan fingerprint density at radius 3 is 2.73 bits per heavy atom. The molecule has 0 aromatic carbocycles. The molecule has 1 fully saturated rings. The predicted molar refractivity (Wildman–Crippen MR) is 57.6 cm³/mol. The van der Waals surface area contributed by atoms with Crippen molar-refractivity contribution in [2.24, 2.45) is 0 Å². The van der Waals surface area contributed by atoms with E-state index in [2.05, 4.69) is 31.2 Å². The Hall–Kier alpha value is -1.32. The van der Waals surface area contributed by atoms with E-state index in [0.29, 0.717) is 0 Å². The normalized spacial score (nSPS) is 21.8. The van der Waals surface area contributed by atoms with E-state index in [1.165, 1.54) is 0 Å². The lowest BCUT2D eigenvalue weighted by Crippen LogP contribution is -2.23. The second-order valence-corrected chi connectivity index (χ2v) is 5.03. The molecule has 1 N–H and O–H groups in total. The fourth-order valence-corrected chi connectivity index (χ4v) is 1.75. The lowest BCUT2D eigenvalue weighted by molar-refractivity contribution is -0.122. The Morgan fingerprint density at radius 2 is 2.27 bits per heavy atom. The van der Waals surface area contributed by atoms with Crippen molar-refractivity contribution in [1.82, 2.24) is 15.1 Å². The van der Waals surface area contributed by atoms with Gasteiger partial charge in [-0.25, -0.2) is 0 Å². The molecule has 1 unspecified atom stereocenters. The maximum Gasteiger partial charge on any atom is 0.244 e. The van der Waals surface area contributed by atoms with Gasteiger partial charge in [-0.05, 0) is 12.5 Å². The van der Waals surface area contributed by atoms with Gasteiger partial charge in [0.05, 0.1) is 5.69 Å². The van der Waals surface area contributed by atoms with Gasteiger partial charge in [0, 0.05) is 18.2 Å². The first-order chi connectivity index (χ1) is 6.98. The average Bonchev–Trinajstić information content (AvgIpc) is 2.69. The maximum atomic E-state index is 11.5. The van der Waals surface area contributed by atoms with Crippen LogP contribution in [0.4, 0.5) is 0 Å². The van der Waals surface area contributed by atoms with Crippen LogP contribution in [0.15, 0.2) is 12.3 Å². The molecule has 4 nitrogen and oxygen atoms in total. The van der Waals surface area contributed by atoms with Crippen molar-refractivity contribution in [3.05, 3.63) is 18.0 Å². The van der Waals surface area contributed by atoms with Gasteiger partial charge < -0.3 is 5.32 Å². The Kier molecular flexibility index (Phi) is 2.29. The van der Waals surface area contributed by atoms with E-state index in [9.17, 15) is 4.79 Å². The van der Waals surface area contributed by atoms with Gasteiger partial charge >= 0.3 is 0 Å². The highest BCUT2D eigenvalue weighted by Gasteiger charge is 2.27. The quantitative estimate of drug-likeness (QED) is 0.753. The molecule has 0 radical (unpaired) electrons. The third kappa shape index (κ3) is 1.89. The molecule has 1 saturated heterocycles. The smallest absolute Gasteiger partial charge is 0.244 e. The lowest BCUT2D eigenvalue weighted by atomic mass is 9.93. The summed E-state index contributed by atoms with van der Waals surface area (Å²) in [6.07, 6.45) is 2.74. The summed E-state index contributed by atoms with van der Waals surface area (Å²) in [7, 11) is 0. The number of carbonyl (C=O) groups is 1. The van der Waals surface area contributed by atoms with Crippen molar-refractivity contribution < 1.29 is 4.79 Å². The van der Waals surface area contributed by atoms with E-state index in [1.807, 2.05) is 12.3 Å². The maximum absolute atomic E-state index is 11.5. The highest BCUT2D eigenvalue weighted by Crippen LogP contribution is 2.22. The van der Waals surface area contributed by atoms with Crippen molar-refractivity contribution in [1.29, 1.82) is 0 Å². The number of hydrogen-bond donors (Lipinski definition) is 1. The van der Waals surface area contributed by atoms with Crippen LogP contribution in [-0.2, 0) is 10.2 Å². The second kappa shape index (κ2) is 3.36. The molecule has 0 bridgehead atoms. The van der Waals surface area contributed by atoms with Crippen molar-refractivity contribution in [3.63, 3.8) is 0 Å². The minimum Gasteiger partial charge on any atom is -0.354 e. The van der Waals surface area contributed by atoms with Crippen molar-refractivity contribution >= 4 is 5.91 Å². The van der Waals surface area contributed by atoms with Crippen LogP contribution in [0.1, 0.15) is 38.9 Å². The number of nitrogens with one attached hydrogen (secondary N) is 1. The van der Waals surface area contributed by atoms with E-state index in [-0.39, 0.29) is 17.4 Å². The summed E-state index contributed by atoms with van der Waals surface area (Å²) in [6, 6.07) is 1.88. The van der Waals surface area contributed by atoms with Gasteiger partial charge in [0.2, 0.25) is 5.91 Å². The first kappa shape index (κ1) is 10.2. The number of aromatic nitrogens is 2. The summed E-state index contributed by atoms with van der Waals surface area (Å²) >= 11 is 0. The van der Waals surface area contributed by atoms with Crippen molar-refractivity contribution in [3.8, 4) is 0 Å². The largest absolute Gasteiger partial charge is 0.354 e. The standard InChI is InChI=1S/C11H17N3O/c1-11(2,3)9-5-7-14(13-9)8-4-6-12-10(8)15/h5,7-8H,4,6H2,1-3H3,(H,12,15). The highest BCUT2D eigenvalue weighted by atomic mass is 16.2. The van der Waals surface area contributed by atoms with Crippen LogP contribution in [0.3, 0.4) is 0 Å². The number of rotatable bonds is 1. The number of nitrogens with zero attached hydrogens (tertiary/aromatic N) is 2. The highest BCUT2D eigenvalue weighted by molar-refractivity contribution is 5.82. The SMILES string of the molecule is CC(C)(C)c1ccn(C2CCNC2=O)n1. The number of amides is 1. The number of carbonyl (C=O) groups excluding carboxylic acids is 1. The molecule has 82 valence electrons. The van der Waals surface area contributed by atoms with E-state index < -0.39 is 0 Å². The molecule has 4 heteroatoms. The summed E-state index contributed by atoms with van der Waals surface area (Å²) in [5.41, 5.74) is 1.07. The van der Waals surface area contributed by atoms with E-state index in [1.54, 1.807) is 4.68 Å². The van der Waals surface area contributed by atoms with E-state index in [0.717, 1.165) is 18.7 Å². The van der Waals surface area contributed by atoms with Gasteiger partial charge in [0.15, 0.2) is 0 Å². The van der Waals surface area contributed by atoms with Gasteiger partial charge in [0.25, 0.3) is 0 Å². The summed E-state index contributed by atoms with van der Waals surface area (Å²) < 4.78 is 1.78. The molecule has 1 aliphatic heterocycles. The molecule has 0 spiro atoms. The monoisotopic (exact) mass is 207 g/mol. The summed E-state index contributed by atoms with van der Waals surface area (Å²) in [6.45, 7) is 7.12. The van der Waals surface area contributed by atoms with Gasteiger partial charge in [-0.15, -0.1) is 0 Å². The third-order valence-electron chi connectivity index (χ3n) is 2.72. The molecule has 1 aromatic heterocycles. The lowest BCUT2D eigenvalue weighted by Gasteiger charge is -2.15. The third-order valence-corrected chi connectivity index (χ3v) is 2.72. The van der Waals surface area contributed by atoms with Gasteiger partial charge in [-0.1, -0.05) is 20.8 Å². The van der Waals surface area contributed by atoms with Crippen molar-refractivity contribution in [2.75, 3.05) is 6.54 Å². The topological polar surface area (TPSA) is 46.9 Å². The van der Waals surface area contributed by atoms with Crippen molar-refractivity contribution in [2.45, 2.75) is 38.6 Å². The second-order valence-electron chi connectivity index (χ2n) is 5.03. The van der Waals surface area contributed by atoms with Crippen LogP contribution >= 0.6 is 0 Å². The molecule has 0 aliphatic carbocycles. The minimum absolute atomic E-state index is 0.0420. The van der Waals surface area contributed by atoms with Crippen LogP contribution in [-0.4, -0.2) is 22.2 Å². The van der Waals surface area contributed by atoms with Crippen LogP contribution in [0, 0.1) is 0 Å². The van der Waals surface area contributed by atoms with Gasteiger partial charge in [-0.2, -0.15) is 5.10 Å². The van der Waals surface area contributed by atoms with E-state index in [4.69, 9.17) is 0 Å². The molecule has 1 aromatic rings. The molecule has 0 saturated carbocycles. The number of hydrogen-bond acceptors (Lipinski definition) is 2. The Bertz CT molecular complexity index is 375. The van der Waals surface area contributed by atoms with Gasteiger partial charge in [0.1, 0.15) is 6.04 Å². The zero-order chi connectivity index (χ0) is 11.1. The van der Waals surface area contributed by atoms with Gasteiger partial charge in [-0.3, -0.25) is 9.48 Å². The summed E-state index contributed by atoms with van der Waals surface area (Å²) in [5.74, 6) is 0.0820. The fraction of sp³-hybridized carbons (Fsp3) is 0.636. The molecule has 1 aliphatic rings. The molecular formula is C11H17N3O. The minimum atomic E-state index is -0.110. The molecule has 1 amide bonds. The first-order valence-electron chi connectivity index (χ1n) is 5.32. The molecule has 2 rings (SSSR count). The summed E-state index contributed by atoms with van der Waals surface area (Å²) in [5, 5.41) is 7.29. The van der Waals surface area contributed by atoms with E-state index >= 15 is 0 Å². The molecule has 15 heavy (non-hydrogen) atoms. The van der Waals surface area contributed by atoms with Crippen LogP contribution in [0.2, 0.25) is 0 Å². The van der Waals surface area contributed by atoms with Crippen LogP contribution in [0.5, 0.6) is 0 Å². The zero-order valence-corrected chi connectivity index (χ0v) is 9.45. The Balaban J connectivity index is 2.24. The average molecular weight is 207 g/mol. The summed E-state index contributed by atoms with van der Waals surface area (Å²) in [4.78, 5) is 11.5. The predicted octanol–water partition coefficient (Wildman–Crippen LogP) is 1.24. The zero-order valence-electron chi connectivity index (χ0n) is 9.45. The first-order valence-corrected chi connectivity index (χ1v) is 5.32. The molecule has 2 heterocycles. The molecular weight excluding hydrogens is 190 g/mol. The molecule has 1 atom stereocenters. The Labute approximate surface area is 89.7 Å². The fourth-order valence-electron chi connectivity index (χ4n) is 1.75.